The normalized spacial score (nSPS) is 11.6. The maximum Gasteiger partial charge on any atom is 0.500 e. The van der Waals surface area contributed by atoms with Crippen LogP contribution in [0.25, 0.3) is 0 Å². The molecule has 22 heavy (non-hydrogen) atoms. The molecule has 0 N–H and O–H groups in total. The largest absolute Gasteiger partial charge is 0.500 e. The van der Waals surface area contributed by atoms with E-state index in [-0.39, 0.29) is 5.97 Å². The van der Waals surface area contributed by atoms with Crippen LogP contribution in [0.2, 0.25) is 6.04 Å². The first-order chi connectivity index (χ1) is 10.6. The summed E-state index contributed by atoms with van der Waals surface area (Å²) in [5.74, 6) is -0.184. The zero-order valence-corrected chi connectivity index (χ0v) is 15.5. The lowest BCUT2D eigenvalue weighted by Gasteiger charge is -2.28. The molecule has 0 aromatic carbocycles. The second-order valence-electron chi connectivity index (χ2n) is 4.61. The van der Waals surface area contributed by atoms with Gasteiger partial charge in [-0.15, -0.1) is 0 Å². The first-order valence-corrected chi connectivity index (χ1v) is 10.2. The summed E-state index contributed by atoms with van der Waals surface area (Å²) in [4.78, 5) is 11.5. The van der Waals surface area contributed by atoms with Crippen LogP contribution in [0.15, 0.2) is 0 Å². The quantitative estimate of drug-likeness (QED) is 0.260. The Morgan fingerprint density at radius 1 is 0.818 bits per heavy atom. The van der Waals surface area contributed by atoms with Crippen molar-refractivity contribution in [1.29, 1.82) is 0 Å². The maximum absolute atomic E-state index is 11.5. The summed E-state index contributed by atoms with van der Waals surface area (Å²) in [5.41, 5.74) is 0. The van der Waals surface area contributed by atoms with Crippen molar-refractivity contribution in [2.45, 2.75) is 53.0 Å². The van der Waals surface area contributed by atoms with Gasteiger partial charge >= 0.3 is 14.8 Å². The van der Waals surface area contributed by atoms with Gasteiger partial charge in [0.05, 0.1) is 6.61 Å². The Labute approximate surface area is 135 Å². The number of ether oxygens (including phenoxy) is 2. The number of hydrogen-bond donors (Lipinski definition) is 0. The summed E-state index contributed by atoms with van der Waals surface area (Å²) in [5, 5.41) is 0. The molecule has 0 aliphatic carbocycles. The van der Waals surface area contributed by atoms with Crippen molar-refractivity contribution in [3.05, 3.63) is 0 Å². The van der Waals surface area contributed by atoms with Crippen LogP contribution in [0.4, 0.5) is 0 Å². The van der Waals surface area contributed by atoms with E-state index in [1.807, 2.05) is 27.7 Å². The van der Waals surface area contributed by atoms with Gasteiger partial charge in [-0.25, -0.2) is 0 Å². The lowest BCUT2D eigenvalue weighted by atomic mass is 10.2. The molecule has 0 saturated heterocycles. The Morgan fingerprint density at radius 3 is 1.91 bits per heavy atom. The Bertz CT molecular complexity index is 258. The van der Waals surface area contributed by atoms with E-state index in [0.717, 1.165) is 18.9 Å². The first-order valence-electron chi connectivity index (χ1n) is 8.29. The van der Waals surface area contributed by atoms with E-state index in [0.29, 0.717) is 46.1 Å². The van der Waals surface area contributed by atoms with Gasteiger partial charge in [-0.05, 0) is 40.5 Å². The van der Waals surface area contributed by atoms with Gasteiger partial charge < -0.3 is 22.8 Å². The zero-order chi connectivity index (χ0) is 16.7. The number of hydrogen-bond acceptors (Lipinski definition) is 6. The lowest BCUT2D eigenvalue weighted by Crippen LogP contribution is -2.45. The van der Waals surface area contributed by atoms with Crippen molar-refractivity contribution in [3.8, 4) is 0 Å². The number of rotatable bonds is 15. The van der Waals surface area contributed by atoms with Crippen molar-refractivity contribution in [2.24, 2.45) is 0 Å². The molecule has 0 atom stereocenters. The van der Waals surface area contributed by atoms with Crippen molar-refractivity contribution in [2.75, 3.05) is 39.6 Å². The zero-order valence-electron chi connectivity index (χ0n) is 14.5. The van der Waals surface area contributed by atoms with E-state index in [2.05, 4.69) is 0 Å². The van der Waals surface area contributed by atoms with E-state index in [1.54, 1.807) is 0 Å². The Balaban J connectivity index is 3.98. The summed E-state index contributed by atoms with van der Waals surface area (Å²) in [6.45, 7) is 10.9. The van der Waals surface area contributed by atoms with Crippen LogP contribution in [0.1, 0.15) is 47.0 Å². The second kappa shape index (κ2) is 14.1. The molecule has 0 unspecified atom stereocenters. The highest BCUT2D eigenvalue weighted by molar-refractivity contribution is 6.60. The molecule has 0 heterocycles. The number of unbranched alkanes of at least 4 members (excludes halogenated alkanes) is 1. The predicted molar refractivity (Wildman–Crippen MR) is 86.7 cm³/mol. The van der Waals surface area contributed by atoms with E-state index >= 15 is 0 Å². The topological polar surface area (TPSA) is 63.2 Å². The van der Waals surface area contributed by atoms with Crippen LogP contribution in [-0.2, 0) is 27.5 Å². The summed E-state index contributed by atoms with van der Waals surface area (Å²) < 4.78 is 27.5. The molecule has 0 rings (SSSR count). The Hall–Kier alpha value is -0.473. The molecule has 0 aromatic rings. The molecule has 132 valence electrons. The molecule has 0 bridgehead atoms. The van der Waals surface area contributed by atoms with Gasteiger partial charge in [0.15, 0.2) is 0 Å². The fraction of sp³-hybridized carbons (Fsp3) is 0.933. The van der Waals surface area contributed by atoms with Crippen LogP contribution < -0.4 is 0 Å². The highest BCUT2D eigenvalue weighted by atomic mass is 28.4. The SMILES string of the molecule is CCOCCOC(=O)CCCC[Si](OCC)(OCC)OCC. The molecule has 0 saturated carbocycles. The minimum Gasteiger partial charge on any atom is -0.463 e. The van der Waals surface area contributed by atoms with Gasteiger partial charge in [0, 0.05) is 38.9 Å². The highest BCUT2D eigenvalue weighted by Gasteiger charge is 2.39. The van der Waals surface area contributed by atoms with E-state index in [4.69, 9.17) is 22.8 Å². The van der Waals surface area contributed by atoms with Crippen molar-refractivity contribution in [3.63, 3.8) is 0 Å². The van der Waals surface area contributed by atoms with Crippen LogP contribution in [0.3, 0.4) is 0 Å². The van der Waals surface area contributed by atoms with Gasteiger partial charge in [-0.2, -0.15) is 0 Å². The van der Waals surface area contributed by atoms with Crippen LogP contribution in [-0.4, -0.2) is 54.4 Å². The lowest BCUT2D eigenvalue weighted by molar-refractivity contribution is -0.145. The van der Waals surface area contributed by atoms with Gasteiger partial charge in [0.1, 0.15) is 6.61 Å². The van der Waals surface area contributed by atoms with E-state index in [9.17, 15) is 4.79 Å². The monoisotopic (exact) mass is 336 g/mol. The van der Waals surface area contributed by atoms with Crippen LogP contribution >= 0.6 is 0 Å². The molecule has 0 radical (unpaired) electrons. The van der Waals surface area contributed by atoms with Gasteiger partial charge in [-0.3, -0.25) is 4.79 Å². The molecule has 0 spiro atoms. The molecule has 0 aliphatic heterocycles. The Morgan fingerprint density at radius 2 is 1.41 bits per heavy atom. The average Bonchev–Trinajstić information content (AvgIpc) is 2.49. The van der Waals surface area contributed by atoms with Crippen molar-refractivity contribution >= 4 is 14.8 Å². The number of esters is 1. The molecule has 7 heteroatoms. The summed E-state index contributed by atoms with van der Waals surface area (Å²) >= 11 is 0. The summed E-state index contributed by atoms with van der Waals surface area (Å²) in [6.07, 6.45) is 1.98. The maximum atomic E-state index is 11.5. The third-order valence-corrected chi connectivity index (χ3v) is 6.05. The molecular formula is C15H32O6Si. The third kappa shape index (κ3) is 10.3. The van der Waals surface area contributed by atoms with Gasteiger partial charge in [0.25, 0.3) is 0 Å². The third-order valence-electron chi connectivity index (χ3n) is 2.90. The second-order valence-corrected chi connectivity index (χ2v) is 7.34. The van der Waals surface area contributed by atoms with Gasteiger partial charge in [0.2, 0.25) is 0 Å². The van der Waals surface area contributed by atoms with E-state index < -0.39 is 8.80 Å². The molecule has 0 aliphatic rings. The van der Waals surface area contributed by atoms with Crippen molar-refractivity contribution in [1.82, 2.24) is 0 Å². The standard InChI is InChI=1S/C15H32O6Si/c1-5-17-12-13-18-15(16)11-9-10-14-22(19-6-2,20-7-3)21-8-4/h5-14H2,1-4H3. The predicted octanol–water partition coefficient (Wildman–Crippen LogP) is 2.78. The Kier molecular flexibility index (Phi) is 13.8. The fourth-order valence-corrected chi connectivity index (χ4v) is 4.73. The summed E-state index contributed by atoms with van der Waals surface area (Å²) in [7, 11) is -2.58. The smallest absolute Gasteiger partial charge is 0.463 e. The minimum atomic E-state index is -2.58. The average molecular weight is 337 g/mol. The minimum absolute atomic E-state index is 0.184. The van der Waals surface area contributed by atoms with Gasteiger partial charge in [-0.1, -0.05) is 0 Å². The molecule has 0 aromatic heterocycles. The first kappa shape index (κ1) is 21.5. The summed E-state index contributed by atoms with van der Waals surface area (Å²) in [6, 6.07) is 0.731. The molecule has 0 amide bonds. The number of carbonyl (C=O) groups excluding carboxylic acids is 1. The van der Waals surface area contributed by atoms with Crippen LogP contribution in [0, 0.1) is 0 Å². The molecule has 0 fully saturated rings. The number of carbonyl (C=O) groups is 1. The van der Waals surface area contributed by atoms with E-state index in [1.165, 1.54) is 0 Å². The molecule has 6 nitrogen and oxygen atoms in total. The fourth-order valence-electron chi connectivity index (χ4n) is 2.04. The highest BCUT2D eigenvalue weighted by Crippen LogP contribution is 2.20. The molecular weight excluding hydrogens is 304 g/mol. The van der Waals surface area contributed by atoms with Crippen molar-refractivity contribution < 1.29 is 27.5 Å². The van der Waals surface area contributed by atoms with Crippen LogP contribution in [0.5, 0.6) is 0 Å².